The zero-order valence-electron chi connectivity index (χ0n) is 11.4. The smallest absolute Gasteiger partial charge is 0.252 e. The minimum absolute atomic E-state index is 0.0934. The summed E-state index contributed by atoms with van der Waals surface area (Å²) in [4.78, 5) is 12.1. The van der Waals surface area contributed by atoms with Crippen molar-refractivity contribution in [3.8, 4) is 17.2 Å². The highest BCUT2D eigenvalue weighted by Crippen LogP contribution is 2.41. The first-order chi connectivity index (χ1) is 10.3. The molecule has 2 aromatic rings. The third-order valence-corrected chi connectivity index (χ3v) is 3.82. The van der Waals surface area contributed by atoms with Crippen LogP contribution in [-0.4, -0.2) is 19.8 Å². The maximum absolute atomic E-state index is 12.1. The molecule has 0 bridgehead atoms. The normalized spacial score (nSPS) is 18.3. The summed E-state index contributed by atoms with van der Waals surface area (Å²) in [6.45, 7) is 0.201. The molecule has 106 valence electrons. The van der Waals surface area contributed by atoms with E-state index >= 15 is 0 Å². The molecule has 2 aliphatic heterocycles. The number of ether oxygens (including phenoxy) is 3. The van der Waals surface area contributed by atoms with Gasteiger partial charge in [-0.3, -0.25) is 4.79 Å². The second-order valence-corrected chi connectivity index (χ2v) is 4.97. The Hall–Kier alpha value is -2.69. The van der Waals surface area contributed by atoms with Crippen molar-refractivity contribution in [1.82, 2.24) is 5.32 Å². The molecule has 4 rings (SSSR count). The second kappa shape index (κ2) is 4.41. The van der Waals surface area contributed by atoms with Gasteiger partial charge < -0.3 is 19.5 Å². The highest BCUT2D eigenvalue weighted by molar-refractivity contribution is 6.00. The van der Waals surface area contributed by atoms with Crippen molar-refractivity contribution in [1.29, 1.82) is 0 Å². The lowest BCUT2D eigenvalue weighted by atomic mass is 9.98. The van der Waals surface area contributed by atoms with Crippen LogP contribution in [0.2, 0.25) is 0 Å². The number of hydrogen-bond acceptors (Lipinski definition) is 4. The summed E-state index contributed by atoms with van der Waals surface area (Å²) < 4.78 is 15.9. The van der Waals surface area contributed by atoms with E-state index in [1.54, 1.807) is 13.2 Å². The van der Waals surface area contributed by atoms with E-state index in [2.05, 4.69) is 5.32 Å². The van der Waals surface area contributed by atoms with Crippen LogP contribution in [0.3, 0.4) is 0 Å². The average Bonchev–Trinajstić information content (AvgIpc) is 3.10. The van der Waals surface area contributed by atoms with E-state index in [9.17, 15) is 4.79 Å². The Morgan fingerprint density at radius 1 is 1.14 bits per heavy atom. The Bertz CT molecular complexity index is 724. The second-order valence-electron chi connectivity index (χ2n) is 4.97. The van der Waals surface area contributed by atoms with Crippen LogP contribution in [0, 0.1) is 0 Å². The van der Waals surface area contributed by atoms with Gasteiger partial charge >= 0.3 is 0 Å². The molecule has 0 saturated carbocycles. The highest BCUT2D eigenvalue weighted by atomic mass is 16.7. The molecule has 0 aromatic heterocycles. The van der Waals surface area contributed by atoms with Gasteiger partial charge in [0.2, 0.25) is 6.79 Å². The van der Waals surface area contributed by atoms with E-state index in [0.717, 1.165) is 16.9 Å². The fourth-order valence-electron chi connectivity index (χ4n) is 2.74. The summed E-state index contributed by atoms with van der Waals surface area (Å²) in [7, 11) is 1.63. The molecule has 5 heteroatoms. The van der Waals surface area contributed by atoms with Gasteiger partial charge in [0, 0.05) is 5.56 Å². The molecule has 0 saturated heterocycles. The van der Waals surface area contributed by atoms with Gasteiger partial charge in [0.15, 0.2) is 11.5 Å². The van der Waals surface area contributed by atoms with Gasteiger partial charge in [-0.05, 0) is 35.4 Å². The number of carbonyl (C=O) groups excluding carboxylic acids is 1. The lowest BCUT2D eigenvalue weighted by Gasteiger charge is -2.13. The zero-order chi connectivity index (χ0) is 14.4. The predicted octanol–water partition coefficient (Wildman–Crippen LogP) is 2.26. The van der Waals surface area contributed by atoms with Crippen LogP contribution in [0.4, 0.5) is 0 Å². The van der Waals surface area contributed by atoms with E-state index in [4.69, 9.17) is 14.2 Å². The van der Waals surface area contributed by atoms with Crippen LogP contribution >= 0.6 is 0 Å². The van der Waals surface area contributed by atoms with Crippen LogP contribution in [-0.2, 0) is 0 Å². The summed E-state index contributed by atoms with van der Waals surface area (Å²) in [5.74, 6) is 2.00. The number of fused-ring (bicyclic) bond motifs is 2. The monoisotopic (exact) mass is 283 g/mol. The Morgan fingerprint density at radius 2 is 1.86 bits per heavy atom. The first kappa shape index (κ1) is 12.1. The number of carbonyl (C=O) groups is 1. The van der Waals surface area contributed by atoms with Gasteiger partial charge in [0.1, 0.15) is 5.75 Å². The fraction of sp³-hybridized carbons (Fsp3) is 0.188. The molecule has 0 radical (unpaired) electrons. The molecule has 1 amide bonds. The standard InChI is InChI=1S/C16H13NO4/c1-19-10-4-2-9(3-5-10)15-11-6-13-14(21-8-20-13)7-12(11)16(18)17-15/h2-7,15H,8H2,1H3,(H,17,18)/t15-/m1/s1. The molecular formula is C16H13NO4. The van der Waals surface area contributed by atoms with Crippen molar-refractivity contribution in [2.45, 2.75) is 6.04 Å². The van der Waals surface area contributed by atoms with Crippen molar-refractivity contribution in [3.63, 3.8) is 0 Å². The van der Waals surface area contributed by atoms with E-state index in [0.29, 0.717) is 17.1 Å². The van der Waals surface area contributed by atoms with Crippen molar-refractivity contribution < 1.29 is 19.0 Å². The van der Waals surface area contributed by atoms with Crippen molar-refractivity contribution in [2.75, 3.05) is 13.9 Å². The van der Waals surface area contributed by atoms with Crippen LogP contribution in [0.25, 0.3) is 0 Å². The summed E-state index contributed by atoms with van der Waals surface area (Å²) in [5.41, 5.74) is 2.55. The molecular weight excluding hydrogens is 270 g/mol. The minimum atomic E-state index is -0.173. The molecule has 0 spiro atoms. The van der Waals surface area contributed by atoms with E-state index in [1.165, 1.54) is 0 Å². The molecule has 1 N–H and O–H groups in total. The van der Waals surface area contributed by atoms with Crippen molar-refractivity contribution in [3.05, 3.63) is 53.1 Å². The molecule has 0 unspecified atom stereocenters. The third-order valence-electron chi connectivity index (χ3n) is 3.82. The SMILES string of the molecule is COc1ccc([C@H]2NC(=O)c3cc4c(cc32)OCO4)cc1. The average molecular weight is 283 g/mol. The topological polar surface area (TPSA) is 56.8 Å². The van der Waals surface area contributed by atoms with E-state index in [1.807, 2.05) is 30.3 Å². The Morgan fingerprint density at radius 3 is 2.57 bits per heavy atom. The maximum atomic E-state index is 12.1. The largest absolute Gasteiger partial charge is 0.497 e. The lowest BCUT2D eigenvalue weighted by molar-refractivity contribution is 0.0960. The van der Waals surface area contributed by atoms with Crippen LogP contribution < -0.4 is 19.5 Å². The highest BCUT2D eigenvalue weighted by Gasteiger charge is 2.32. The number of methoxy groups -OCH3 is 1. The van der Waals surface area contributed by atoms with E-state index < -0.39 is 0 Å². The Labute approximate surface area is 121 Å². The predicted molar refractivity (Wildman–Crippen MR) is 74.9 cm³/mol. The zero-order valence-corrected chi connectivity index (χ0v) is 11.4. The van der Waals surface area contributed by atoms with Gasteiger partial charge in [-0.1, -0.05) is 12.1 Å². The Balaban J connectivity index is 1.78. The number of nitrogens with one attached hydrogen (secondary N) is 1. The fourth-order valence-corrected chi connectivity index (χ4v) is 2.74. The van der Waals surface area contributed by atoms with Crippen molar-refractivity contribution in [2.24, 2.45) is 0 Å². The van der Waals surface area contributed by atoms with Crippen LogP contribution in [0.5, 0.6) is 17.2 Å². The number of hydrogen-bond donors (Lipinski definition) is 1. The van der Waals surface area contributed by atoms with Crippen molar-refractivity contribution >= 4 is 5.91 Å². The number of amides is 1. The summed E-state index contributed by atoms with van der Waals surface area (Å²) in [5, 5.41) is 2.98. The molecule has 0 fully saturated rings. The molecule has 5 nitrogen and oxygen atoms in total. The molecule has 0 aliphatic carbocycles. The Kier molecular flexibility index (Phi) is 2.54. The summed E-state index contributed by atoms with van der Waals surface area (Å²) in [6.07, 6.45) is 0. The third kappa shape index (κ3) is 1.81. The molecule has 2 aliphatic rings. The first-order valence-corrected chi connectivity index (χ1v) is 6.64. The van der Waals surface area contributed by atoms with Gasteiger partial charge in [0.25, 0.3) is 5.91 Å². The number of rotatable bonds is 2. The summed E-state index contributed by atoms with van der Waals surface area (Å²) in [6, 6.07) is 11.1. The van der Waals surface area contributed by atoms with Crippen LogP contribution in [0.1, 0.15) is 27.5 Å². The molecule has 1 atom stereocenters. The first-order valence-electron chi connectivity index (χ1n) is 6.64. The van der Waals surface area contributed by atoms with Gasteiger partial charge in [-0.15, -0.1) is 0 Å². The van der Waals surface area contributed by atoms with Gasteiger partial charge in [-0.2, -0.15) is 0 Å². The molecule has 21 heavy (non-hydrogen) atoms. The molecule has 2 aromatic carbocycles. The quantitative estimate of drug-likeness (QED) is 0.918. The summed E-state index contributed by atoms with van der Waals surface area (Å²) >= 11 is 0. The van der Waals surface area contributed by atoms with Gasteiger partial charge in [0.05, 0.1) is 13.2 Å². The van der Waals surface area contributed by atoms with Gasteiger partial charge in [-0.25, -0.2) is 0 Å². The minimum Gasteiger partial charge on any atom is -0.497 e. The molecule has 2 heterocycles. The maximum Gasteiger partial charge on any atom is 0.252 e. The van der Waals surface area contributed by atoms with Crippen LogP contribution in [0.15, 0.2) is 36.4 Å². The number of benzene rings is 2. The lowest BCUT2D eigenvalue weighted by Crippen LogP contribution is -2.19. The van der Waals surface area contributed by atoms with E-state index in [-0.39, 0.29) is 18.7 Å².